The Morgan fingerprint density at radius 2 is 1.93 bits per heavy atom. The molecule has 82 valence electrons. The minimum atomic E-state index is -2.78. The van der Waals surface area contributed by atoms with Crippen LogP contribution in [0.15, 0.2) is 30.3 Å². The van der Waals surface area contributed by atoms with E-state index in [4.69, 9.17) is 11.6 Å². The fraction of sp³-hybridized carbons (Fsp3) is 0.273. The lowest BCUT2D eigenvalue weighted by Gasteiger charge is -2.03. The van der Waals surface area contributed by atoms with E-state index in [0.29, 0.717) is 5.88 Å². The van der Waals surface area contributed by atoms with E-state index in [0.717, 1.165) is 12.0 Å². The van der Waals surface area contributed by atoms with Crippen molar-refractivity contribution in [3.05, 3.63) is 35.9 Å². The molecule has 0 aromatic heterocycles. The van der Waals surface area contributed by atoms with E-state index in [1.54, 1.807) is 12.1 Å². The molecule has 0 saturated heterocycles. The van der Waals surface area contributed by atoms with Gasteiger partial charge in [0.25, 0.3) is 0 Å². The lowest BCUT2D eigenvalue weighted by atomic mass is 10.2. The van der Waals surface area contributed by atoms with Crippen LogP contribution in [0, 0.1) is 0 Å². The van der Waals surface area contributed by atoms with Crippen LogP contribution >= 0.6 is 11.6 Å². The van der Waals surface area contributed by atoms with Crippen molar-refractivity contribution < 1.29 is 13.5 Å². The molecule has 0 aliphatic heterocycles. The second kappa shape index (κ2) is 6.40. The summed E-state index contributed by atoms with van der Waals surface area (Å²) in [5.41, 5.74) is 0.932. The van der Waals surface area contributed by atoms with Gasteiger partial charge in [0.05, 0.1) is 0 Å². The summed E-state index contributed by atoms with van der Waals surface area (Å²) in [5.74, 6) is 0.739. The minimum absolute atomic E-state index is 0.166. The maximum Gasteiger partial charge on any atom is 0.387 e. The molecule has 0 unspecified atom stereocenters. The summed E-state index contributed by atoms with van der Waals surface area (Å²) >= 11 is 5.50. The molecule has 1 nitrogen and oxygen atoms in total. The van der Waals surface area contributed by atoms with E-state index >= 15 is 0 Å². The number of hydrogen-bond donors (Lipinski definition) is 0. The molecule has 0 amide bonds. The molecule has 0 N–H and O–H groups in total. The summed E-state index contributed by atoms with van der Waals surface area (Å²) in [6.07, 6.45) is 4.60. The van der Waals surface area contributed by atoms with Crippen LogP contribution in [0.2, 0.25) is 0 Å². The van der Waals surface area contributed by atoms with Crippen LogP contribution in [0.5, 0.6) is 5.75 Å². The Morgan fingerprint density at radius 3 is 2.47 bits per heavy atom. The smallest absolute Gasteiger partial charge is 0.387 e. The number of rotatable bonds is 5. The van der Waals surface area contributed by atoms with Crippen molar-refractivity contribution >= 4 is 17.7 Å². The monoisotopic (exact) mass is 232 g/mol. The highest BCUT2D eigenvalue weighted by Crippen LogP contribution is 2.15. The van der Waals surface area contributed by atoms with Crippen molar-refractivity contribution in [2.24, 2.45) is 0 Å². The van der Waals surface area contributed by atoms with Gasteiger partial charge in [-0.15, -0.1) is 11.6 Å². The molecule has 0 atom stereocenters. The Bertz CT molecular complexity index is 309. The first-order chi connectivity index (χ1) is 7.22. The molecule has 0 aliphatic carbocycles. The maximum absolute atomic E-state index is 11.8. The van der Waals surface area contributed by atoms with Crippen LogP contribution in [-0.2, 0) is 0 Å². The third-order valence-corrected chi connectivity index (χ3v) is 1.91. The molecular formula is C11H11ClF2O. The number of allylic oxidation sites excluding steroid dienone is 1. The number of ether oxygens (including phenoxy) is 1. The van der Waals surface area contributed by atoms with Gasteiger partial charge in [0.15, 0.2) is 0 Å². The average molecular weight is 233 g/mol. The number of halogens is 3. The van der Waals surface area contributed by atoms with Crippen LogP contribution in [0.1, 0.15) is 12.0 Å². The van der Waals surface area contributed by atoms with Crippen LogP contribution < -0.4 is 4.74 Å². The van der Waals surface area contributed by atoms with E-state index in [1.807, 2.05) is 12.2 Å². The number of alkyl halides is 3. The molecule has 0 fully saturated rings. The van der Waals surface area contributed by atoms with Crippen molar-refractivity contribution in [2.45, 2.75) is 13.0 Å². The first-order valence-electron chi connectivity index (χ1n) is 4.50. The Hall–Kier alpha value is -1.09. The second-order valence-electron chi connectivity index (χ2n) is 2.83. The summed E-state index contributed by atoms with van der Waals surface area (Å²) in [4.78, 5) is 0. The molecule has 0 aliphatic rings. The quantitative estimate of drug-likeness (QED) is 0.699. The Kier molecular flexibility index (Phi) is 5.12. The van der Waals surface area contributed by atoms with Crippen LogP contribution in [0.4, 0.5) is 8.78 Å². The maximum atomic E-state index is 11.8. The lowest BCUT2D eigenvalue weighted by molar-refractivity contribution is -0.0498. The van der Waals surface area contributed by atoms with E-state index in [9.17, 15) is 8.78 Å². The summed E-state index contributed by atoms with van der Waals surface area (Å²) in [7, 11) is 0. The minimum Gasteiger partial charge on any atom is -0.435 e. The molecule has 15 heavy (non-hydrogen) atoms. The van der Waals surface area contributed by atoms with Crippen LogP contribution in [0.3, 0.4) is 0 Å². The highest BCUT2D eigenvalue weighted by Gasteiger charge is 2.02. The highest BCUT2D eigenvalue weighted by molar-refractivity contribution is 6.17. The fourth-order valence-corrected chi connectivity index (χ4v) is 1.17. The van der Waals surface area contributed by atoms with Gasteiger partial charge in [-0.2, -0.15) is 8.78 Å². The molecule has 4 heteroatoms. The zero-order chi connectivity index (χ0) is 11.1. The third kappa shape index (κ3) is 4.79. The van der Waals surface area contributed by atoms with Crippen molar-refractivity contribution in [2.75, 3.05) is 5.88 Å². The molecule has 0 radical (unpaired) electrons. The predicted molar refractivity (Wildman–Crippen MR) is 57.4 cm³/mol. The van der Waals surface area contributed by atoms with Gasteiger partial charge < -0.3 is 4.74 Å². The topological polar surface area (TPSA) is 9.23 Å². The zero-order valence-electron chi connectivity index (χ0n) is 8.00. The van der Waals surface area contributed by atoms with Crippen LogP contribution in [-0.4, -0.2) is 12.5 Å². The number of hydrogen-bond acceptors (Lipinski definition) is 1. The van der Waals surface area contributed by atoms with E-state index in [1.165, 1.54) is 12.1 Å². The second-order valence-corrected chi connectivity index (χ2v) is 3.21. The number of benzene rings is 1. The van der Waals surface area contributed by atoms with Gasteiger partial charge in [-0.1, -0.05) is 24.3 Å². The molecular weight excluding hydrogens is 222 g/mol. The van der Waals surface area contributed by atoms with Gasteiger partial charge in [0, 0.05) is 5.88 Å². The van der Waals surface area contributed by atoms with Crippen molar-refractivity contribution in [3.63, 3.8) is 0 Å². The first-order valence-corrected chi connectivity index (χ1v) is 5.03. The largest absolute Gasteiger partial charge is 0.435 e. The standard InChI is InChI=1S/C11H11ClF2O/c12-8-2-1-3-9-4-6-10(7-5-9)15-11(13)14/h1,3-7,11H,2,8H2. The molecule has 0 heterocycles. The summed E-state index contributed by atoms with van der Waals surface area (Å²) in [6, 6.07) is 6.43. The van der Waals surface area contributed by atoms with Gasteiger partial charge in [0.1, 0.15) is 5.75 Å². The molecule has 1 rings (SSSR count). The van der Waals surface area contributed by atoms with Crippen molar-refractivity contribution in [1.82, 2.24) is 0 Å². The Labute approximate surface area is 92.3 Å². The third-order valence-electron chi connectivity index (χ3n) is 1.69. The van der Waals surface area contributed by atoms with Crippen molar-refractivity contribution in [1.29, 1.82) is 0 Å². The summed E-state index contributed by atoms with van der Waals surface area (Å²) in [5, 5.41) is 0. The van der Waals surface area contributed by atoms with Crippen molar-refractivity contribution in [3.8, 4) is 5.75 Å². The zero-order valence-corrected chi connectivity index (χ0v) is 8.75. The lowest BCUT2D eigenvalue weighted by Crippen LogP contribution is -2.01. The van der Waals surface area contributed by atoms with Gasteiger partial charge in [-0.25, -0.2) is 0 Å². The molecule has 1 aromatic carbocycles. The van der Waals surface area contributed by atoms with Gasteiger partial charge in [0.2, 0.25) is 0 Å². The molecule has 0 spiro atoms. The summed E-state index contributed by atoms with van der Waals surface area (Å²) < 4.78 is 27.9. The predicted octanol–water partition coefficient (Wildman–Crippen LogP) is 3.93. The molecule has 0 saturated carbocycles. The molecule has 1 aromatic rings. The van der Waals surface area contributed by atoms with E-state index < -0.39 is 6.61 Å². The highest BCUT2D eigenvalue weighted by atomic mass is 35.5. The summed E-state index contributed by atoms with van der Waals surface area (Å²) in [6.45, 7) is -2.78. The Morgan fingerprint density at radius 1 is 1.27 bits per heavy atom. The van der Waals surface area contributed by atoms with Gasteiger partial charge in [-0.3, -0.25) is 0 Å². The van der Waals surface area contributed by atoms with Crippen LogP contribution in [0.25, 0.3) is 6.08 Å². The fourth-order valence-electron chi connectivity index (χ4n) is 1.04. The van der Waals surface area contributed by atoms with E-state index in [-0.39, 0.29) is 5.75 Å². The van der Waals surface area contributed by atoms with E-state index in [2.05, 4.69) is 4.74 Å². The Balaban J connectivity index is 2.56. The average Bonchev–Trinajstić information content (AvgIpc) is 2.20. The molecule has 0 bridgehead atoms. The van der Waals surface area contributed by atoms with Gasteiger partial charge in [-0.05, 0) is 24.1 Å². The normalized spacial score (nSPS) is 11.2. The van der Waals surface area contributed by atoms with Gasteiger partial charge >= 0.3 is 6.61 Å². The first kappa shape index (κ1) is 12.0. The SMILES string of the molecule is FC(F)Oc1ccc(C=CCCCl)cc1.